The van der Waals surface area contributed by atoms with Gasteiger partial charge in [0.05, 0.1) is 11.8 Å². The molecule has 0 aliphatic rings. The van der Waals surface area contributed by atoms with Gasteiger partial charge in [0, 0.05) is 6.42 Å². The first-order valence-corrected chi connectivity index (χ1v) is 6.83. The van der Waals surface area contributed by atoms with Crippen LogP contribution < -0.4 is 9.47 Å². The summed E-state index contributed by atoms with van der Waals surface area (Å²) >= 11 is 0. The van der Waals surface area contributed by atoms with E-state index in [0.717, 1.165) is 0 Å². The van der Waals surface area contributed by atoms with Crippen LogP contribution in [0.25, 0.3) is 0 Å². The van der Waals surface area contributed by atoms with Crippen molar-refractivity contribution in [1.82, 2.24) is 0 Å². The van der Waals surface area contributed by atoms with Gasteiger partial charge in [-0.2, -0.15) is 0 Å². The Morgan fingerprint density at radius 1 is 1.00 bits per heavy atom. The van der Waals surface area contributed by atoms with Crippen molar-refractivity contribution in [2.45, 2.75) is 48.0 Å². The van der Waals surface area contributed by atoms with Crippen LogP contribution in [0.3, 0.4) is 0 Å². The third-order valence-corrected chi connectivity index (χ3v) is 2.72. The Labute approximate surface area is 119 Å². The number of carbonyl (C=O) groups is 2. The van der Waals surface area contributed by atoms with Crippen LogP contribution in [0.5, 0.6) is 11.5 Å². The van der Waals surface area contributed by atoms with Gasteiger partial charge in [0.2, 0.25) is 11.5 Å². The van der Waals surface area contributed by atoms with Gasteiger partial charge in [-0.3, -0.25) is 9.59 Å². The normalized spacial score (nSPS) is 11.0. The summed E-state index contributed by atoms with van der Waals surface area (Å²) in [5, 5.41) is 0. The summed E-state index contributed by atoms with van der Waals surface area (Å²) in [7, 11) is 0. The van der Waals surface area contributed by atoms with Crippen LogP contribution >= 0.6 is 0 Å². The molecule has 5 nitrogen and oxygen atoms in total. The Morgan fingerprint density at radius 3 is 1.85 bits per heavy atom. The van der Waals surface area contributed by atoms with Crippen molar-refractivity contribution in [3.05, 3.63) is 11.5 Å². The number of ether oxygens (including phenoxy) is 2. The van der Waals surface area contributed by atoms with Gasteiger partial charge in [-0.15, -0.1) is 0 Å². The van der Waals surface area contributed by atoms with Crippen molar-refractivity contribution in [2.75, 3.05) is 0 Å². The lowest BCUT2D eigenvalue weighted by atomic mass is 10.2. The van der Waals surface area contributed by atoms with E-state index in [9.17, 15) is 9.59 Å². The summed E-state index contributed by atoms with van der Waals surface area (Å²) in [6, 6.07) is 0. The first-order valence-electron chi connectivity index (χ1n) is 6.83. The van der Waals surface area contributed by atoms with Gasteiger partial charge >= 0.3 is 11.9 Å². The standard InChI is InChI=1S/C15H22O5/c1-7-11-13(20-15(17)9(4)5)12(10(6)18-11)19-14(16)8(2)3/h8-9H,7H2,1-6H3. The van der Waals surface area contributed by atoms with Gasteiger partial charge in [-0.25, -0.2) is 0 Å². The first kappa shape index (κ1) is 16.3. The quantitative estimate of drug-likeness (QED) is 0.775. The molecule has 0 aliphatic heterocycles. The molecule has 0 unspecified atom stereocenters. The molecule has 0 saturated carbocycles. The predicted octanol–water partition coefficient (Wildman–Crippen LogP) is 3.27. The minimum Gasteiger partial charge on any atom is -0.458 e. The van der Waals surface area contributed by atoms with Crippen molar-refractivity contribution in [2.24, 2.45) is 11.8 Å². The number of furan rings is 1. The molecular formula is C15H22O5. The lowest BCUT2D eigenvalue weighted by molar-refractivity contribution is -0.140. The third-order valence-electron chi connectivity index (χ3n) is 2.72. The molecule has 5 heteroatoms. The summed E-state index contributed by atoms with van der Waals surface area (Å²) < 4.78 is 16.1. The lowest BCUT2D eigenvalue weighted by Gasteiger charge is -2.10. The molecule has 1 heterocycles. The average Bonchev–Trinajstić information content (AvgIpc) is 2.66. The molecular weight excluding hydrogens is 260 g/mol. The zero-order valence-electron chi connectivity index (χ0n) is 12.9. The highest BCUT2D eigenvalue weighted by Gasteiger charge is 2.26. The molecule has 0 aromatic carbocycles. The number of hydrogen-bond donors (Lipinski definition) is 0. The molecule has 0 spiro atoms. The van der Waals surface area contributed by atoms with Crippen molar-refractivity contribution < 1.29 is 23.5 Å². The van der Waals surface area contributed by atoms with Crippen LogP contribution in [0.1, 0.15) is 46.1 Å². The third kappa shape index (κ3) is 3.62. The van der Waals surface area contributed by atoms with Crippen molar-refractivity contribution in [1.29, 1.82) is 0 Å². The van der Waals surface area contributed by atoms with Crippen LogP contribution in [-0.4, -0.2) is 11.9 Å². The number of hydrogen-bond acceptors (Lipinski definition) is 5. The minimum atomic E-state index is -0.390. The van der Waals surface area contributed by atoms with Crippen molar-refractivity contribution in [3.8, 4) is 11.5 Å². The van der Waals surface area contributed by atoms with E-state index in [-0.39, 0.29) is 29.3 Å². The maximum Gasteiger partial charge on any atom is 0.314 e. The van der Waals surface area contributed by atoms with Gasteiger partial charge in [-0.1, -0.05) is 34.6 Å². The number of rotatable bonds is 5. The van der Waals surface area contributed by atoms with Gasteiger partial charge in [0.15, 0.2) is 5.76 Å². The van der Waals surface area contributed by atoms with Crippen LogP contribution in [0.15, 0.2) is 4.42 Å². The zero-order chi connectivity index (χ0) is 15.4. The summed E-state index contributed by atoms with van der Waals surface area (Å²) in [6.45, 7) is 10.5. The molecule has 112 valence electrons. The fourth-order valence-electron chi connectivity index (χ4n) is 1.46. The van der Waals surface area contributed by atoms with Gasteiger partial charge in [0.25, 0.3) is 0 Å². The fraction of sp³-hybridized carbons (Fsp3) is 0.600. The van der Waals surface area contributed by atoms with E-state index in [2.05, 4.69) is 0 Å². The van der Waals surface area contributed by atoms with E-state index in [1.54, 1.807) is 34.6 Å². The topological polar surface area (TPSA) is 65.7 Å². The van der Waals surface area contributed by atoms with Crippen LogP contribution in [0.2, 0.25) is 0 Å². The second-order valence-corrected chi connectivity index (χ2v) is 5.24. The molecule has 1 aromatic rings. The number of esters is 2. The smallest absolute Gasteiger partial charge is 0.314 e. The zero-order valence-corrected chi connectivity index (χ0v) is 12.9. The molecule has 0 fully saturated rings. The van der Waals surface area contributed by atoms with Gasteiger partial charge < -0.3 is 13.9 Å². The molecule has 0 saturated heterocycles. The van der Waals surface area contributed by atoms with E-state index in [1.165, 1.54) is 0 Å². The average molecular weight is 282 g/mol. The van der Waals surface area contributed by atoms with Crippen LogP contribution in [0.4, 0.5) is 0 Å². The highest BCUT2D eigenvalue weighted by Crippen LogP contribution is 2.39. The molecule has 1 aromatic heterocycles. The Balaban J connectivity index is 3.12. The highest BCUT2D eigenvalue weighted by molar-refractivity contribution is 5.78. The van der Waals surface area contributed by atoms with Crippen molar-refractivity contribution in [3.63, 3.8) is 0 Å². The molecule has 0 aliphatic carbocycles. The predicted molar refractivity (Wildman–Crippen MR) is 73.8 cm³/mol. The summed E-state index contributed by atoms with van der Waals surface area (Å²) in [5.41, 5.74) is 0. The molecule has 0 amide bonds. The van der Waals surface area contributed by atoms with Crippen molar-refractivity contribution >= 4 is 11.9 Å². The molecule has 0 bridgehead atoms. The number of carbonyl (C=O) groups excluding carboxylic acids is 2. The first-order chi connectivity index (χ1) is 9.27. The van der Waals surface area contributed by atoms with Crippen LogP contribution in [-0.2, 0) is 16.0 Å². The second-order valence-electron chi connectivity index (χ2n) is 5.24. The summed E-state index contributed by atoms with van der Waals surface area (Å²) in [6.07, 6.45) is 0.542. The van der Waals surface area contributed by atoms with Gasteiger partial charge in [0.1, 0.15) is 5.76 Å². The van der Waals surface area contributed by atoms with E-state index in [4.69, 9.17) is 13.9 Å². The minimum absolute atomic E-state index is 0.203. The monoisotopic (exact) mass is 282 g/mol. The maximum absolute atomic E-state index is 11.8. The Hall–Kier alpha value is -1.78. The fourth-order valence-corrected chi connectivity index (χ4v) is 1.46. The molecule has 0 atom stereocenters. The van der Waals surface area contributed by atoms with Crippen LogP contribution in [0, 0.1) is 18.8 Å². The van der Waals surface area contributed by atoms with Gasteiger partial charge in [-0.05, 0) is 6.92 Å². The largest absolute Gasteiger partial charge is 0.458 e. The molecule has 20 heavy (non-hydrogen) atoms. The van der Waals surface area contributed by atoms with E-state index < -0.39 is 5.97 Å². The van der Waals surface area contributed by atoms with E-state index in [1.807, 2.05) is 6.92 Å². The molecule has 0 radical (unpaired) electrons. The Bertz CT molecular complexity index is 497. The SMILES string of the molecule is CCc1oc(C)c(OC(=O)C(C)C)c1OC(=O)C(C)C. The lowest BCUT2D eigenvalue weighted by Crippen LogP contribution is -2.18. The maximum atomic E-state index is 11.8. The molecule has 0 N–H and O–H groups in total. The number of aryl methyl sites for hydroxylation is 2. The highest BCUT2D eigenvalue weighted by atomic mass is 16.6. The molecule has 1 rings (SSSR count). The summed E-state index contributed by atoms with van der Waals surface area (Å²) in [4.78, 5) is 23.5. The second kappa shape index (κ2) is 6.59. The Morgan fingerprint density at radius 2 is 1.45 bits per heavy atom. The van der Waals surface area contributed by atoms with E-state index in [0.29, 0.717) is 17.9 Å². The van der Waals surface area contributed by atoms with E-state index >= 15 is 0 Å². The summed E-state index contributed by atoms with van der Waals surface area (Å²) in [5.74, 6) is 0.0325. The Kier molecular flexibility index (Phi) is 5.36.